The van der Waals surface area contributed by atoms with E-state index in [0.29, 0.717) is 12.6 Å². The first kappa shape index (κ1) is 14.1. The number of nitrogens with zero attached hydrogens (tertiary/aromatic N) is 1. The highest BCUT2D eigenvalue weighted by Gasteiger charge is 2.28. The number of piperidine rings is 1. The van der Waals surface area contributed by atoms with Gasteiger partial charge in [0, 0.05) is 6.04 Å². The topological polar surface area (TPSA) is 29.5 Å². The van der Waals surface area contributed by atoms with Crippen molar-refractivity contribution in [3.8, 4) is 0 Å². The van der Waals surface area contributed by atoms with Crippen molar-refractivity contribution in [3.63, 3.8) is 0 Å². The Labute approximate surface area is 115 Å². The summed E-state index contributed by atoms with van der Waals surface area (Å²) in [5.74, 6) is 0.0775. The Bertz CT molecular complexity index is 396. The van der Waals surface area contributed by atoms with Gasteiger partial charge in [0.25, 0.3) is 0 Å². The molecule has 1 aliphatic heterocycles. The van der Waals surface area contributed by atoms with Crippen LogP contribution in [-0.4, -0.2) is 30.6 Å². The lowest BCUT2D eigenvalue weighted by Gasteiger charge is -2.35. The first-order chi connectivity index (χ1) is 9.22. The highest BCUT2D eigenvalue weighted by molar-refractivity contribution is 5.72. The van der Waals surface area contributed by atoms with E-state index in [0.717, 1.165) is 25.9 Å². The Kier molecular flexibility index (Phi) is 4.97. The minimum atomic E-state index is -0.0190. The third-order valence-electron chi connectivity index (χ3n) is 3.98. The van der Waals surface area contributed by atoms with E-state index in [-0.39, 0.29) is 11.9 Å². The van der Waals surface area contributed by atoms with Crippen molar-refractivity contribution >= 4 is 5.97 Å². The largest absolute Gasteiger partial charge is 0.466 e. The average Bonchev–Trinajstić information content (AvgIpc) is 2.48. The molecule has 0 bridgehead atoms. The molecule has 0 aliphatic carbocycles. The van der Waals surface area contributed by atoms with E-state index in [4.69, 9.17) is 4.74 Å². The molecular weight excluding hydrogens is 238 g/mol. The quantitative estimate of drug-likeness (QED) is 0.780. The van der Waals surface area contributed by atoms with E-state index in [1.807, 2.05) is 13.0 Å². The van der Waals surface area contributed by atoms with Crippen LogP contribution in [0.5, 0.6) is 0 Å². The molecule has 19 heavy (non-hydrogen) atoms. The minimum absolute atomic E-state index is 0.0190. The van der Waals surface area contributed by atoms with E-state index in [2.05, 4.69) is 36.1 Å². The molecule has 1 aliphatic rings. The predicted molar refractivity (Wildman–Crippen MR) is 75.8 cm³/mol. The van der Waals surface area contributed by atoms with Crippen molar-refractivity contribution in [2.45, 2.75) is 32.7 Å². The third-order valence-corrected chi connectivity index (χ3v) is 3.98. The number of carbonyl (C=O) groups excluding carboxylic acids is 1. The van der Waals surface area contributed by atoms with Crippen molar-refractivity contribution in [2.24, 2.45) is 5.92 Å². The summed E-state index contributed by atoms with van der Waals surface area (Å²) in [4.78, 5) is 14.2. The normalized spacial score (nSPS) is 19.1. The molecule has 1 heterocycles. The zero-order valence-electron chi connectivity index (χ0n) is 11.8. The number of ether oxygens (including phenoxy) is 1. The molecule has 0 amide bonds. The summed E-state index contributed by atoms with van der Waals surface area (Å²) in [6.07, 6.45) is 1.83. The lowest BCUT2D eigenvalue weighted by molar-refractivity contribution is -0.149. The summed E-state index contributed by atoms with van der Waals surface area (Å²) in [7, 11) is 0. The molecule has 0 N–H and O–H groups in total. The zero-order chi connectivity index (χ0) is 13.7. The first-order valence-corrected chi connectivity index (χ1v) is 7.18. The number of hydrogen-bond donors (Lipinski definition) is 0. The molecule has 2 rings (SSSR count). The van der Waals surface area contributed by atoms with E-state index >= 15 is 0 Å². The Morgan fingerprint density at radius 2 is 1.95 bits per heavy atom. The number of esters is 1. The molecule has 1 saturated heterocycles. The number of likely N-dealkylation sites (tertiary alicyclic amines) is 1. The average molecular weight is 261 g/mol. The molecule has 104 valence electrons. The van der Waals surface area contributed by atoms with Crippen LogP contribution < -0.4 is 0 Å². The predicted octanol–water partition coefficient (Wildman–Crippen LogP) is 3.02. The summed E-state index contributed by atoms with van der Waals surface area (Å²) in [5.41, 5.74) is 1.34. The van der Waals surface area contributed by atoms with Crippen LogP contribution in [0, 0.1) is 5.92 Å². The van der Waals surface area contributed by atoms with E-state index in [1.54, 1.807) is 0 Å². The van der Waals surface area contributed by atoms with Crippen molar-refractivity contribution < 1.29 is 9.53 Å². The van der Waals surface area contributed by atoms with Crippen LogP contribution in [0.1, 0.15) is 38.3 Å². The van der Waals surface area contributed by atoms with Gasteiger partial charge in [-0.15, -0.1) is 0 Å². The van der Waals surface area contributed by atoms with Gasteiger partial charge in [-0.05, 0) is 45.3 Å². The van der Waals surface area contributed by atoms with Crippen LogP contribution in [0.4, 0.5) is 0 Å². The fourth-order valence-electron chi connectivity index (χ4n) is 2.72. The number of rotatable bonds is 4. The van der Waals surface area contributed by atoms with Gasteiger partial charge in [-0.1, -0.05) is 30.3 Å². The zero-order valence-corrected chi connectivity index (χ0v) is 11.8. The molecular formula is C16H23NO2. The molecule has 0 radical (unpaired) electrons. The molecule has 3 heteroatoms. The molecule has 0 saturated carbocycles. The van der Waals surface area contributed by atoms with Gasteiger partial charge in [0.1, 0.15) is 0 Å². The van der Waals surface area contributed by atoms with Gasteiger partial charge in [-0.2, -0.15) is 0 Å². The molecule has 1 aromatic rings. The fraction of sp³-hybridized carbons (Fsp3) is 0.562. The first-order valence-electron chi connectivity index (χ1n) is 7.18. The number of hydrogen-bond acceptors (Lipinski definition) is 3. The smallest absolute Gasteiger partial charge is 0.309 e. The van der Waals surface area contributed by atoms with E-state index in [1.165, 1.54) is 5.56 Å². The second-order valence-electron chi connectivity index (χ2n) is 5.15. The Hall–Kier alpha value is -1.35. The Balaban J connectivity index is 1.88. The fourth-order valence-corrected chi connectivity index (χ4v) is 2.72. The minimum Gasteiger partial charge on any atom is -0.466 e. The van der Waals surface area contributed by atoms with Crippen LogP contribution in [0.15, 0.2) is 30.3 Å². The highest BCUT2D eigenvalue weighted by Crippen LogP contribution is 2.26. The van der Waals surface area contributed by atoms with Gasteiger partial charge in [-0.3, -0.25) is 9.69 Å². The third kappa shape index (κ3) is 3.57. The molecule has 1 fully saturated rings. The molecule has 3 nitrogen and oxygen atoms in total. The number of carbonyl (C=O) groups is 1. The lowest BCUT2D eigenvalue weighted by atomic mass is 9.95. The van der Waals surface area contributed by atoms with Gasteiger partial charge < -0.3 is 4.74 Å². The van der Waals surface area contributed by atoms with Crippen LogP contribution in [-0.2, 0) is 9.53 Å². The Morgan fingerprint density at radius 3 is 2.53 bits per heavy atom. The second kappa shape index (κ2) is 6.71. The maximum Gasteiger partial charge on any atom is 0.309 e. The van der Waals surface area contributed by atoms with E-state index in [9.17, 15) is 4.79 Å². The van der Waals surface area contributed by atoms with Crippen LogP contribution in [0.3, 0.4) is 0 Å². The lowest BCUT2D eigenvalue weighted by Crippen LogP contribution is -2.38. The van der Waals surface area contributed by atoms with Gasteiger partial charge >= 0.3 is 5.97 Å². The monoisotopic (exact) mass is 261 g/mol. The van der Waals surface area contributed by atoms with Crippen LogP contribution in [0.2, 0.25) is 0 Å². The molecule has 0 aromatic heterocycles. The van der Waals surface area contributed by atoms with Gasteiger partial charge in [0.05, 0.1) is 12.5 Å². The van der Waals surface area contributed by atoms with E-state index < -0.39 is 0 Å². The van der Waals surface area contributed by atoms with Crippen molar-refractivity contribution in [1.29, 1.82) is 0 Å². The van der Waals surface area contributed by atoms with Crippen molar-refractivity contribution in [3.05, 3.63) is 35.9 Å². The van der Waals surface area contributed by atoms with Gasteiger partial charge in [0.15, 0.2) is 0 Å². The maximum absolute atomic E-state index is 11.7. The summed E-state index contributed by atoms with van der Waals surface area (Å²) in [6, 6.07) is 11.0. The van der Waals surface area contributed by atoms with Gasteiger partial charge in [-0.25, -0.2) is 0 Å². The van der Waals surface area contributed by atoms with Crippen LogP contribution >= 0.6 is 0 Å². The molecule has 1 atom stereocenters. The highest BCUT2D eigenvalue weighted by atomic mass is 16.5. The summed E-state index contributed by atoms with van der Waals surface area (Å²) < 4.78 is 5.10. The molecule has 0 spiro atoms. The van der Waals surface area contributed by atoms with Crippen LogP contribution in [0.25, 0.3) is 0 Å². The van der Waals surface area contributed by atoms with Crippen molar-refractivity contribution in [2.75, 3.05) is 19.7 Å². The SMILES string of the molecule is CCOC(=O)C1CCN(C(C)c2ccccc2)CC1. The standard InChI is InChI=1S/C16H23NO2/c1-3-19-16(18)15-9-11-17(12-10-15)13(2)14-7-5-4-6-8-14/h4-8,13,15H,3,9-12H2,1-2H3. The van der Waals surface area contributed by atoms with Gasteiger partial charge in [0.2, 0.25) is 0 Å². The molecule has 1 aromatic carbocycles. The maximum atomic E-state index is 11.7. The summed E-state index contributed by atoms with van der Waals surface area (Å²) >= 11 is 0. The molecule has 1 unspecified atom stereocenters. The number of benzene rings is 1. The summed E-state index contributed by atoms with van der Waals surface area (Å²) in [5, 5.41) is 0. The Morgan fingerprint density at radius 1 is 1.32 bits per heavy atom. The van der Waals surface area contributed by atoms with Crippen molar-refractivity contribution in [1.82, 2.24) is 4.90 Å². The second-order valence-corrected chi connectivity index (χ2v) is 5.15. The summed E-state index contributed by atoms with van der Waals surface area (Å²) in [6.45, 7) is 6.53.